The van der Waals surface area contributed by atoms with E-state index in [1.807, 2.05) is 0 Å². The summed E-state index contributed by atoms with van der Waals surface area (Å²) in [5, 5.41) is 11.2. The van der Waals surface area contributed by atoms with Gasteiger partial charge in [-0.3, -0.25) is 4.79 Å². The number of ether oxygens (including phenoxy) is 3. The predicted molar refractivity (Wildman–Crippen MR) is 132 cm³/mol. The molecule has 0 saturated heterocycles. The highest BCUT2D eigenvalue weighted by atomic mass is 32.2. The Morgan fingerprint density at radius 1 is 1.03 bits per heavy atom. The lowest BCUT2D eigenvalue weighted by molar-refractivity contribution is 0.0696. The number of hydrogen-bond acceptors (Lipinski definition) is 9. The SMILES string of the molecule is COCC(C)Oc1cc(Oc2ccc(S(=O)(=O)C3CC3)nc2)cc(C(=O)Nc2ccc(C(=O)O)cn2)c1. The average molecular weight is 528 g/mol. The molecule has 4 rings (SSSR count). The van der Waals surface area contributed by atoms with Crippen molar-refractivity contribution in [2.45, 2.75) is 36.1 Å². The van der Waals surface area contributed by atoms with E-state index >= 15 is 0 Å². The van der Waals surface area contributed by atoms with Gasteiger partial charge in [0.25, 0.3) is 5.91 Å². The molecular weight excluding hydrogens is 502 g/mol. The van der Waals surface area contributed by atoms with Gasteiger partial charge in [0.2, 0.25) is 0 Å². The zero-order chi connectivity index (χ0) is 26.6. The van der Waals surface area contributed by atoms with Crippen LogP contribution in [0.1, 0.15) is 40.5 Å². The highest BCUT2D eigenvalue weighted by Crippen LogP contribution is 2.34. The number of sulfone groups is 1. The molecule has 11 nitrogen and oxygen atoms in total. The van der Waals surface area contributed by atoms with Gasteiger partial charge in [-0.05, 0) is 56.2 Å². The van der Waals surface area contributed by atoms with Crippen LogP contribution in [0.15, 0.2) is 59.9 Å². The number of carboxylic acid groups (broad SMARTS) is 1. The minimum Gasteiger partial charge on any atom is -0.488 e. The molecule has 3 aromatic rings. The highest BCUT2D eigenvalue weighted by Gasteiger charge is 2.37. The molecule has 2 aromatic heterocycles. The Hall–Kier alpha value is -4.03. The first kappa shape index (κ1) is 26.0. The summed E-state index contributed by atoms with van der Waals surface area (Å²) in [7, 11) is -1.88. The van der Waals surface area contributed by atoms with Crippen molar-refractivity contribution in [3.8, 4) is 17.2 Å². The van der Waals surface area contributed by atoms with Gasteiger partial charge in [-0.2, -0.15) is 0 Å². The van der Waals surface area contributed by atoms with Gasteiger partial charge in [-0.15, -0.1) is 0 Å². The molecule has 12 heteroatoms. The first-order valence-electron chi connectivity index (χ1n) is 11.3. The fraction of sp³-hybridized carbons (Fsp3) is 0.280. The number of anilines is 1. The third kappa shape index (κ3) is 6.60. The van der Waals surface area contributed by atoms with Gasteiger partial charge >= 0.3 is 5.97 Å². The van der Waals surface area contributed by atoms with Gasteiger partial charge in [0.1, 0.15) is 29.2 Å². The highest BCUT2D eigenvalue weighted by molar-refractivity contribution is 7.92. The van der Waals surface area contributed by atoms with Crippen LogP contribution in [0.5, 0.6) is 17.2 Å². The van der Waals surface area contributed by atoms with Crippen molar-refractivity contribution in [1.29, 1.82) is 0 Å². The van der Waals surface area contributed by atoms with Crippen molar-refractivity contribution in [2.75, 3.05) is 19.0 Å². The third-order valence-electron chi connectivity index (χ3n) is 5.33. The number of nitrogens with one attached hydrogen (secondary N) is 1. The van der Waals surface area contributed by atoms with Gasteiger partial charge < -0.3 is 24.6 Å². The molecule has 1 atom stereocenters. The van der Waals surface area contributed by atoms with Crippen LogP contribution < -0.4 is 14.8 Å². The van der Waals surface area contributed by atoms with E-state index in [-0.39, 0.29) is 44.8 Å². The van der Waals surface area contributed by atoms with Gasteiger partial charge in [0.15, 0.2) is 14.9 Å². The van der Waals surface area contributed by atoms with Crippen molar-refractivity contribution in [2.24, 2.45) is 0 Å². The largest absolute Gasteiger partial charge is 0.488 e. The van der Waals surface area contributed by atoms with E-state index in [4.69, 9.17) is 19.3 Å². The summed E-state index contributed by atoms with van der Waals surface area (Å²) in [4.78, 5) is 32.0. The third-order valence-corrected chi connectivity index (χ3v) is 7.51. The maximum atomic E-state index is 12.9. The standard InChI is InChI=1S/C25H25N3O8S/c1-15(14-34-2)35-19-9-17(24(29)28-22-7-3-16(12-26-22)25(30)31)10-20(11-19)36-18-4-8-23(27-13-18)37(32,33)21-5-6-21/h3-4,7-13,15,21H,5-6,14H2,1-2H3,(H,30,31)(H,26,28,29). The Labute approximate surface area is 213 Å². The summed E-state index contributed by atoms with van der Waals surface area (Å²) in [5.41, 5.74) is 0.169. The van der Waals surface area contributed by atoms with E-state index < -0.39 is 21.7 Å². The zero-order valence-corrected chi connectivity index (χ0v) is 20.9. The summed E-state index contributed by atoms with van der Waals surface area (Å²) in [6.45, 7) is 2.11. The second kappa shape index (κ2) is 10.9. The van der Waals surface area contributed by atoms with E-state index in [1.165, 1.54) is 42.6 Å². The molecule has 37 heavy (non-hydrogen) atoms. The Morgan fingerprint density at radius 2 is 1.78 bits per heavy atom. The molecule has 0 spiro atoms. The summed E-state index contributed by atoms with van der Waals surface area (Å²) < 4.78 is 41.6. The number of carboxylic acids is 1. The number of benzene rings is 1. The first-order chi connectivity index (χ1) is 17.7. The monoisotopic (exact) mass is 527 g/mol. The molecule has 1 unspecified atom stereocenters. The smallest absolute Gasteiger partial charge is 0.337 e. The number of amides is 1. The number of aromatic carboxylic acids is 1. The maximum absolute atomic E-state index is 12.9. The second-order valence-corrected chi connectivity index (χ2v) is 10.6. The zero-order valence-electron chi connectivity index (χ0n) is 20.1. The number of nitrogens with zero attached hydrogens (tertiary/aromatic N) is 2. The minimum absolute atomic E-state index is 0.00527. The molecule has 1 aromatic carbocycles. The fourth-order valence-corrected chi connectivity index (χ4v) is 4.95. The molecule has 194 valence electrons. The summed E-state index contributed by atoms with van der Waals surface area (Å²) in [5.74, 6) is -0.644. The number of rotatable bonds is 11. The van der Waals surface area contributed by atoms with E-state index in [0.29, 0.717) is 25.2 Å². The van der Waals surface area contributed by atoms with Crippen molar-refractivity contribution >= 4 is 27.5 Å². The predicted octanol–water partition coefficient (Wildman–Crippen LogP) is 3.57. The maximum Gasteiger partial charge on any atom is 0.337 e. The van der Waals surface area contributed by atoms with E-state index in [1.54, 1.807) is 20.1 Å². The molecule has 1 amide bonds. The van der Waals surface area contributed by atoms with Crippen LogP contribution >= 0.6 is 0 Å². The minimum atomic E-state index is -3.43. The number of hydrogen-bond donors (Lipinski definition) is 2. The lowest BCUT2D eigenvalue weighted by atomic mass is 10.2. The lowest BCUT2D eigenvalue weighted by Crippen LogP contribution is -2.19. The number of pyridine rings is 2. The van der Waals surface area contributed by atoms with Crippen molar-refractivity contribution in [3.05, 3.63) is 66.0 Å². The second-order valence-electron chi connectivity index (χ2n) is 8.45. The van der Waals surface area contributed by atoms with Gasteiger partial charge in [0, 0.05) is 24.9 Å². The van der Waals surface area contributed by atoms with E-state index in [0.717, 1.165) is 6.20 Å². The molecular formula is C25H25N3O8S. The topological polar surface area (TPSA) is 154 Å². The molecule has 2 N–H and O–H groups in total. The van der Waals surface area contributed by atoms with Crippen LogP contribution in [-0.2, 0) is 14.6 Å². The molecule has 1 fully saturated rings. The van der Waals surface area contributed by atoms with Gasteiger partial charge in [-0.25, -0.2) is 23.2 Å². The van der Waals surface area contributed by atoms with Crippen LogP contribution in [0, 0.1) is 0 Å². The summed E-state index contributed by atoms with van der Waals surface area (Å²) in [6.07, 6.45) is 3.40. The van der Waals surface area contributed by atoms with Crippen molar-refractivity contribution in [3.63, 3.8) is 0 Å². The molecule has 0 aliphatic heterocycles. The van der Waals surface area contributed by atoms with Crippen LogP contribution in [0.2, 0.25) is 0 Å². The Morgan fingerprint density at radius 3 is 2.38 bits per heavy atom. The summed E-state index contributed by atoms with van der Waals surface area (Å²) in [6, 6.07) is 10.2. The van der Waals surface area contributed by atoms with Crippen LogP contribution in [0.3, 0.4) is 0 Å². The van der Waals surface area contributed by atoms with Crippen molar-refractivity contribution in [1.82, 2.24) is 9.97 Å². The Bertz CT molecular complexity index is 1390. The molecule has 1 aliphatic rings. The van der Waals surface area contributed by atoms with Gasteiger partial charge in [-0.1, -0.05) is 0 Å². The van der Waals surface area contributed by atoms with Crippen LogP contribution in [-0.4, -0.2) is 60.4 Å². The van der Waals surface area contributed by atoms with Crippen LogP contribution in [0.4, 0.5) is 5.82 Å². The number of carbonyl (C=O) groups excluding carboxylic acids is 1. The Kier molecular flexibility index (Phi) is 7.69. The molecule has 0 bridgehead atoms. The molecule has 2 heterocycles. The van der Waals surface area contributed by atoms with E-state index in [9.17, 15) is 18.0 Å². The molecule has 1 saturated carbocycles. The van der Waals surface area contributed by atoms with E-state index in [2.05, 4.69) is 15.3 Å². The average Bonchev–Trinajstić information content (AvgIpc) is 3.71. The lowest BCUT2D eigenvalue weighted by Gasteiger charge is -2.16. The number of carbonyl (C=O) groups is 2. The number of methoxy groups -OCH3 is 1. The Balaban J connectivity index is 1.56. The normalized spacial score (nSPS) is 14.0. The first-order valence-corrected chi connectivity index (χ1v) is 12.9. The summed E-state index contributed by atoms with van der Waals surface area (Å²) >= 11 is 0. The molecule has 1 aliphatic carbocycles. The van der Waals surface area contributed by atoms with Crippen LogP contribution in [0.25, 0.3) is 0 Å². The van der Waals surface area contributed by atoms with Gasteiger partial charge in [0.05, 0.1) is 23.6 Å². The molecule has 0 radical (unpaired) electrons. The van der Waals surface area contributed by atoms with Crippen molar-refractivity contribution < 1.29 is 37.3 Å². The number of aromatic nitrogens is 2. The fourth-order valence-electron chi connectivity index (χ4n) is 3.39. The quantitative estimate of drug-likeness (QED) is 0.378.